The summed E-state index contributed by atoms with van der Waals surface area (Å²) in [4.78, 5) is 18.5. The molecule has 2 aromatic heterocycles. The van der Waals surface area contributed by atoms with E-state index in [1.807, 2.05) is 13.8 Å². The SMILES string of the molecule is Cc1nc(-c2cnn(C(C)c3ccc(OC(F)F)cc3C)c2)cc(=O)[nH]1. The van der Waals surface area contributed by atoms with Crippen molar-refractivity contribution in [1.82, 2.24) is 19.7 Å². The zero-order valence-electron chi connectivity index (χ0n) is 14.5. The van der Waals surface area contributed by atoms with Gasteiger partial charge in [0, 0.05) is 17.8 Å². The Hall–Kier alpha value is -3.03. The Morgan fingerprint density at radius 1 is 1.23 bits per heavy atom. The summed E-state index contributed by atoms with van der Waals surface area (Å²) in [5.74, 6) is 0.650. The van der Waals surface area contributed by atoms with E-state index in [9.17, 15) is 13.6 Å². The molecule has 1 aromatic carbocycles. The van der Waals surface area contributed by atoms with Crippen LogP contribution < -0.4 is 10.3 Å². The Morgan fingerprint density at radius 2 is 2.00 bits per heavy atom. The van der Waals surface area contributed by atoms with Crippen LogP contribution in [0.25, 0.3) is 11.3 Å². The van der Waals surface area contributed by atoms with Crippen molar-refractivity contribution in [1.29, 1.82) is 0 Å². The Labute approximate surface area is 148 Å². The Bertz CT molecular complexity index is 981. The number of halogens is 2. The second-order valence-electron chi connectivity index (χ2n) is 6.00. The van der Waals surface area contributed by atoms with Crippen LogP contribution >= 0.6 is 0 Å². The quantitative estimate of drug-likeness (QED) is 0.756. The minimum atomic E-state index is -2.85. The number of rotatable bonds is 5. The molecule has 0 bridgehead atoms. The second-order valence-corrected chi connectivity index (χ2v) is 6.00. The molecule has 26 heavy (non-hydrogen) atoms. The summed E-state index contributed by atoms with van der Waals surface area (Å²) in [5, 5.41) is 4.35. The van der Waals surface area contributed by atoms with Gasteiger partial charge in [0.25, 0.3) is 5.56 Å². The van der Waals surface area contributed by atoms with Gasteiger partial charge in [0.1, 0.15) is 11.6 Å². The van der Waals surface area contributed by atoms with Crippen LogP contribution in [0, 0.1) is 13.8 Å². The molecule has 3 rings (SSSR count). The molecule has 0 radical (unpaired) electrons. The molecule has 0 aliphatic heterocycles. The molecule has 3 aromatic rings. The molecule has 0 aliphatic rings. The van der Waals surface area contributed by atoms with Crippen molar-refractivity contribution in [2.75, 3.05) is 0 Å². The third-order valence-corrected chi connectivity index (χ3v) is 4.07. The van der Waals surface area contributed by atoms with Gasteiger partial charge < -0.3 is 9.72 Å². The highest BCUT2D eigenvalue weighted by molar-refractivity contribution is 5.56. The molecule has 0 saturated heterocycles. The van der Waals surface area contributed by atoms with Gasteiger partial charge in [0.15, 0.2) is 0 Å². The molecule has 136 valence electrons. The first kappa shape index (κ1) is 17.8. The third kappa shape index (κ3) is 3.79. The van der Waals surface area contributed by atoms with Crippen LogP contribution in [0.15, 0.2) is 41.5 Å². The van der Waals surface area contributed by atoms with Gasteiger partial charge in [-0.1, -0.05) is 6.07 Å². The molecule has 6 nitrogen and oxygen atoms in total. The number of H-pyrrole nitrogens is 1. The van der Waals surface area contributed by atoms with Crippen LogP contribution in [0.2, 0.25) is 0 Å². The van der Waals surface area contributed by atoms with E-state index in [2.05, 4.69) is 19.8 Å². The topological polar surface area (TPSA) is 72.8 Å². The van der Waals surface area contributed by atoms with Crippen molar-refractivity contribution in [3.63, 3.8) is 0 Å². The summed E-state index contributed by atoms with van der Waals surface area (Å²) < 4.78 is 30.8. The number of alkyl halides is 2. The van der Waals surface area contributed by atoms with E-state index in [1.165, 1.54) is 12.1 Å². The van der Waals surface area contributed by atoms with Crippen LogP contribution in [0.4, 0.5) is 8.78 Å². The monoisotopic (exact) mass is 360 g/mol. The number of aryl methyl sites for hydroxylation is 2. The van der Waals surface area contributed by atoms with Crippen LogP contribution in [0.3, 0.4) is 0 Å². The van der Waals surface area contributed by atoms with Gasteiger partial charge in [0.05, 0.1) is 17.9 Å². The van der Waals surface area contributed by atoms with Crippen LogP contribution in [0.1, 0.15) is 29.9 Å². The third-order valence-electron chi connectivity index (χ3n) is 4.07. The molecule has 1 N–H and O–H groups in total. The second kappa shape index (κ2) is 7.07. The fourth-order valence-electron chi connectivity index (χ4n) is 2.85. The molecule has 0 spiro atoms. The zero-order valence-corrected chi connectivity index (χ0v) is 14.5. The van der Waals surface area contributed by atoms with E-state index in [4.69, 9.17) is 0 Å². The van der Waals surface area contributed by atoms with Crippen molar-refractivity contribution >= 4 is 0 Å². The summed E-state index contributed by atoms with van der Waals surface area (Å²) in [7, 11) is 0. The maximum atomic E-state index is 12.3. The number of hydrogen-bond acceptors (Lipinski definition) is 4. The van der Waals surface area contributed by atoms with E-state index >= 15 is 0 Å². The fourth-order valence-corrected chi connectivity index (χ4v) is 2.85. The molecule has 1 unspecified atom stereocenters. The van der Waals surface area contributed by atoms with E-state index in [-0.39, 0.29) is 17.4 Å². The average molecular weight is 360 g/mol. The lowest BCUT2D eigenvalue weighted by Gasteiger charge is -2.16. The Kier molecular flexibility index (Phi) is 4.83. The van der Waals surface area contributed by atoms with Gasteiger partial charge in [-0.3, -0.25) is 9.48 Å². The first-order valence-corrected chi connectivity index (χ1v) is 8.01. The minimum absolute atomic E-state index is 0.123. The van der Waals surface area contributed by atoms with E-state index in [1.54, 1.807) is 36.1 Å². The Morgan fingerprint density at radius 3 is 2.65 bits per heavy atom. The number of hydrogen-bond donors (Lipinski definition) is 1. The van der Waals surface area contributed by atoms with Crippen molar-refractivity contribution in [2.45, 2.75) is 33.4 Å². The van der Waals surface area contributed by atoms with Gasteiger partial charge in [-0.15, -0.1) is 0 Å². The largest absolute Gasteiger partial charge is 0.435 e. The highest BCUT2D eigenvalue weighted by Crippen LogP contribution is 2.27. The lowest BCUT2D eigenvalue weighted by Crippen LogP contribution is -2.10. The maximum Gasteiger partial charge on any atom is 0.387 e. The van der Waals surface area contributed by atoms with Crippen molar-refractivity contribution in [3.05, 3.63) is 64.0 Å². The first-order chi connectivity index (χ1) is 12.3. The maximum absolute atomic E-state index is 12.3. The lowest BCUT2D eigenvalue weighted by atomic mass is 10.0. The normalized spacial score (nSPS) is 12.4. The van der Waals surface area contributed by atoms with Crippen LogP contribution in [0.5, 0.6) is 5.75 Å². The summed E-state index contributed by atoms with van der Waals surface area (Å²) in [6, 6.07) is 6.11. The molecule has 8 heteroatoms. The highest BCUT2D eigenvalue weighted by atomic mass is 19.3. The molecule has 0 aliphatic carbocycles. The number of nitrogens with one attached hydrogen (secondary N) is 1. The summed E-state index contributed by atoms with van der Waals surface area (Å²) in [5.41, 5.74) is 2.79. The van der Waals surface area contributed by atoms with Crippen molar-refractivity contribution < 1.29 is 13.5 Å². The molecule has 1 atom stereocenters. The number of benzene rings is 1. The van der Waals surface area contributed by atoms with Crippen LogP contribution in [-0.4, -0.2) is 26.4 Å². The predicted molar refractivity (Wildman–Crippen MR) is 92.4 cm³/mol. The predicted octanol–water partition coefficient (Wildman–Crippen LogP) is 3.46. The van der Waals surface area contributed by atoms with Crippen molar-refractivity contribution in [2.24, 2.45) is 0 Å². The van der Waals surface area contributed by atoms with Gasteiger partial charge >= 0.3 is 6.61 Å². The summed E-state index contributed by atoms with van der Waals surface area (Å²) >= 11 is 0. The zero-order chi connectivity index (χ0) is 18.8. The van der Waals surface area contributed by atoms with Gasteiger partial charge in [-0.2, -0.15) is 13.9 Å². The number of aromatic nitrogens is 4. The fraction of sp³-hybridized carbons (Fsp3) is 0.278. The molecular weight excluding hydrogens is 342 g/mol. The van der Waals surface area contributed by atoms with Gasteiger partial charge in [-0.25, -0.2) is 4.98 Å². The summed E-state index contributed by atoms with van der Waals surface area (Å²) in [6.45, 7) is 2.64. The number of aromatic amines is 1. The highest BCUT2D eigenvalue weighted by Gasteiger charge is 2.15. The average Bonchev–Trinajstić information content (AvgIpc) is 3.03. The van der Waals surface area contributed by atoms with Crippen LogP contribution in [-0.2, 0) is 0 Å². The molecule has 0 amide bonds. The number of ether oxygens (including phenoxy) is 1. The number of nitrogens with zero attached hydrogens (tertiary/aromatic N) is 3. The van der Waals surface area contributed by atoms with E-state index in [0.29, 0.717) is 11.5 Å². The van der Waals surface area contributed by atoms with Crippen molar-refractivity contribution in [3.8, 4) is 17.0 Å². The lowest BCUT2D eigenvalue weighted by molar-refractivity contribution is -0.0498. The minimum Gasteiger partial charge on any atom is -0.435 e. The molecule has 0 saturated carbocycles. The van der Waals surface area contributed by atoms with E-state index < -0.39 is 6.61 Å². The molecule has 0 fully saturated rings. The smallest absolute Gasteiger partial charge is 0.387 e. The van der Waals surface area contributed by atoms with E-state index in [0.717, 1.165) is 16.7 Å². The molecule has 2 heterocycles. The van der Waals surface area contributed by atoms with Gasteiger partial charge in [0.2, 0.25) is 0 Å². The standard InChI is InChI=1S/C18H18F2N4O2/c1-10-6-14(26-18(19)20)4-5-15(10)11(2)24-9-13(8-21-24)16-7-17(25)23-12(3)22-16/h4-9,11,18H,1-3H3,(H,22,23,25). The Balaban J connectivity index is 1.88. The van der Waals surface area contributed by atoms with Gasteiger partial charge in [-0.05, 0) is 44.0 Å². The summed E-state index contributed by atoms with van der Waals surface area (Å²) in [6.07, 6.45) is 3.44. The molecular formula is C18H18F2N4O2. The first-order valence-electron chi connectivity index (χ1n) is 8.01.